The molecule has 0 saturated heterocycles. The fourth-order valence-corrected chi connectivity index (χ4v) is 2.51. The molecule has 0 bridgehead atoms. The maximum atomic E-state index is 11.1. The summed E-state index contributed by atoms with van der Waals surface area (Å²) >= 11 is 0. The van der Waals surface area contributed by atoms with E-state index in [2.05, 4.69) is 43.2 Å². The van der Waals surface area contributed by atoms with E-state index in [1.165, 1.54) is 5.56 Å². The van der Waals surface area contributed by atoms with Gasteiger partial charge in [-0.25, -0.2) is 4.79 Å². The zero-order chi connectivity index (χ0) is 15.7. The number of rotatable bonds is 4. The minimum atomic E-state index is -0.920. The van der Waals surface area contributed by atoms with Crippen LogP contribution in [-0.4, -0.2) is 20.9 Å². The van der Waals surface area contributed by atoms with Crippen LogP contribution in [0.3, 0.4) is 0 Å². The minimum Gasteiger partial charge on any atom is -0.478 e. The first-order valence-corrected chi connectivity index (χ1v) is 7.32. The van der Waals surface area contributed by atoms with Crippen LogP contribution in [0.15, 0.2) is 48.7 Å². The Bertz CT molecular complexity index is 817. The molecular formula is C18H18N2O2. The largest absolute Gasteiger partial charge is 0.478 e. The van der Waals surface area contributed by atoms with Crippen LogP contribution >= 0.6 is 0 Å². The molecule has 0 atom stereocenters. The van der Waals surface area contributed by atoms with Gasteiger partial charge in [-0.3, -0.25) is 4.68 Å². The van der Waals surface area contributed by atoms with Gasteiger partial charge in [0.2, 0.25) is 0 Å². The highest BCUT2D eigenvalue weighted by Gasteiger charge is 2.08. The van der Waals surface area contributed by atoms with Gasteiger partial charge >= 0.3 is 5.97 Å². The Labute approximate surface area is 129 Å². The van der Waals surface area contributed by atoms with Gasteiger partial charge in [0, 0.05) is 5.39 Å². The number of nitrogens with zero attached hydrogens (tertiary/aromatic N) is 2. The molecular weight excluding hydrogens is 276 g/mol. The molecule has 1 N–H and O–H groups in total. The quantitative estimate of drug-likeness (QED) is 0.793. The second kappa shape index (κ2) is 5.64. The summed E-state index contributed by atoms with van der Waals surface area (Å²) in [5, 5.41) is 14.4. The SMILES string of the molecule is CC(C)c1ccc(Cn2ncc3ccc(C(=O)O)cc32)cc1. The zero-order valence-corrected chi connectivity index (χ0v) is 12.7. The first-order chi connectivity index (χ1) is 10.5. The number of hydrogen-bond acceptors (Lipinski definition) is 2. The van der Waals surface area contributed by atoms with Gasteiger partial charge < -0.3 is 5.11 Å². The number of hydrogen-bond donors (Lipinski definition) is 1. The number of carboxylic acids is 1. The van der Waals surface area contributed by atoms with Crippen molar-refractivity contribution in [2.75, 3.05) is 0 Å². The molecule has 22 heavy (non-hydrogen) atoms. The highest BCUT2D eigenvalue weighted by atomic mass is 16.4. The van der Waals surface area contributed by atoms with Gasteiger partial charge in [-0.2, -0.15) is 5.10 Å². The maximum absolute atomic E-state index is 11.1. The highest BCUT2D eigenvalue weighted by Crippen LogP contribution is 2.19. The number of carboxylic acid groups (broad SMARTS) is 1. The van der Waals surface area contributed by atoms with Crippen LogP contribution in [0, 0.1) is 0 Å². The third-order valence-corrected chi connectivity index (χ3v) is 3.87. The van der Waals surface area contributed by atoms with E-state index in [1.54, 1.807) is 24.4 Å². The van der Waals surface area contributed by atoms with E-state index in [9.17, 15) is 4.79 Å². The fraction of sp³-hybridized carbons (Fsp3) is 0.222. The van der Waals surface area contributed by atoms with Crippen LogP contribution in [0.4, 0.5) is 0 Å². The number of benzene rings is 2. The molecule has 0 spiro atoms. The summed E-state index contributed by atoms with van der Waals surface area (Å²) in [5.41, 5.74) is 3.58. The topological polar surface area (TPSA) is 55.1 Å². The molecule has 1 heterocycles. The van der Waals surface area contributed by atoms with Gasteiger partial charge in [-0.05, 0) is 29.2 Å². The van der Waals surface area contributed by atoms with E-state index in [-0.39, 0.29) is 5.56 Å². The summed E-state index contributed by atoms with van der Waals surface area (Å²) in [6, 6.07) is 13.5. The normalized spacial score (nSPS) is 11.2. The standard InChI is InChI=1S/C18H18N2O2/c1-12(2)14-5-3-13(4-6-14)11-20-17-9-15(18(21)22)7-8-16(17)10-19-20/h3-10,12H,11H2,1-2H3,(H,21,22). The second-order valence-corrected chi connectivity index (χ2v) is 5.78. The van der Waals surface area contributed by atoms with Crippen LogP contribution in [0.2, 0.25) is 0 Å². The molecule has 2 aromatic carbocycles. The lowest BCUT2D eigenvalue weighted by Crippen LogP contribution is -2.03. The minimum absolute atomic E-state index is 0.282. The zero-order valence-electron chi connectivity index (χ0n) is 12.7. The predicted molar refractivity (Wildman–Crippen MR) is 86.3 cm³/mol. The molecule has 4 heteroatoms. The third-order valence-electron chi connectivity index (χ3n) is 3.87. The number of aromatic nitrogens is 2. The van der Waals surface area contributed by atoms with Gasteiger partial charge in [0.15, 0.2) is 0 Å². The maximum Gasteiger partial charge on any atom is 0.335 e. The van der Waals surface area contributed by atoms with Crippen molar-refractivity contribution in [3.63, 3.8) is 0 Å². The highest BCUT2D eigenvalue weighted by molar-refractivity contribution is 5.93. The smallest absolute Gasteiger partial charge is 0.335 e. The average molecular weight is 294 g/mol. The summed E-state index contributed by atoms with van der Waals surface area (Å²) < 4.78 is 1.84. The van der Waals surface area contributed by atoms with Crippen LogP contribution in [0.1, 0.15) is 41.3 Å². The van der Waals surface area contributed by atoms with Gasteiger partial charge in [-0.15, -0.1) is 0 Å². The Morgan fingerprint density at radius 1 is 1.18 bits per heavy atom. The molecule has 0 saturated carbocycles. The number of fused-ring (bicyclic) bond motifs is 1. The predicted octanol–water partition coefficient (Wildman–Crippen LogP) is 3.91. The summed E-state index contributed by atoms with van der Waals surface area (Å²) in [4.78, 5) is 11.1. The van der Waals surface area contributed by atoms with Gasteiger partial charge in [0.05, 0.1) is 23.8 Å². The number of aromatic carboxylic acids is 1. The van der Waals surface area contributed by atoms with Crippen molar-refractivity contribution in [2.45, 2.75) is 26.3 Å². The molecule has 3 aromatic rings. The van der Waals surface area contributed by atoms with Gasteiger partial charge in [0.1, 0.15) is 0 Å². The Morgan fingerprint density at radius 2 is 1.91 bits per heavy atom. The Hall–Kier alpha value is -2.62. The fourth-order valence-electron chi connectivity index (χ4n) is 2.51. The summed E-state index contributed by atoms with van der Waals surface area (Å²) in [7, 11) is 0. The van der Waals surface area contributed by atoms with Gasteiger partial charge in [-0.1, -0.05) is 44.2 Å². The van der Waals surface area contributed by atoms with Crippen molar-refractivity contribution in [3.8, 4) is 0 Å². The Kier molecular flexibility index (Phi) is 3.67. The van der Waals surface area contributed by atoms with Crippen molar-refractivity contribution in [1.29, 1.82) is 0 Å². The lowest BCUT2D eigenvalue weighted by molar-refractivity contribution is 0.0697. The first-order valence-electron chi connectivity index (χ1n) is 7.32. The molecule has 0 radical (unpaired) electrons. The molecule has 112 valence electrons. The second-order valence-electron chi connectivity index (χ2n) is 5.78. The van der Waals surface area contributed by atoms with Crippen LogP contribution in [0.25, 0.3) is 10.9 Å². The lowest BCUT2D eigenvalue weighted by atomic mass is 10.0. The van der Waals surface area contributed by atoms with Crippen molar-refractivity contribution in [2.24, 2.45) is 0 Å². The molecule has 1 aromatic heterocycles. The molecule has 3 rings (SSSR count). The van der Waals surface area contributed by atoms with E-state index in [0.29, 0.717) is 12.5 Å². The van der Waals surface area contributed by atoms with Crippen molar-refractivity contribution >= 4 is 16.9 Å². The van der Waals surface area contributed by atoms with E-state index in [0.717, 1.165) is 16.5 Å². The summed E-state index contributed by atoms with van der Waals surface area (Å²) in [6.45, 7) is 4.97. The molecule has 0 fully saturated rings. The Balaban J connectivity index is 1.93. The first kappa shape index (κ1) is 14.3. The molecule has 0 aliphatic carbocycles. The van der Waals surface area contributed by atoms with E-state index < -0.39 is 5.97 Å². The lowest BCUT2D eigenvalue weighted by Gasteiger charge is -2.08. The third kappa shape index (κ3) is 2.72. The molecule has 0 amide bonds. The molecule has 0 aliphatic heterocycles. The molecule has 4 nitrogen and oxygen atoms in total. The Morgan fingerprint density at radius 3 is 2.55 bits per heavy atom. The average Bonchev–Trinajstić information content (AvgIpc) is 2.90. The molecule has 0 aliphatic rings. The van der Waals surface area contributed by atoms with E-state index in [4.69, 9.17) is 5.11 Å². The van der Waals surface area contributed by atoms with Crippen molar-refractivity contribution < 1.29 is 9.90 Å². The van der Waals surface area contributed by atoms with E-state index >= 15 is 0 Å². The van der Waals surface area contributed by atoms with Crippen LogP contribution in [0.5, 0.6) is 0 Å². The van der Waals surface area contributed by atoms with Crippen molar-refractivity contribution in [1.82, 2.24) is 9.78 Å². The van der Waals surface area contributed by atoms with E-state index in [1.807, 2.05) is 4.68 Å². The number of carbonyl (C=O) groups is 1. The summed E-state index contributed by atoms with van der Waals surface area (Å²) in [6.07, 6.45) is 1.77. The molecule has 0 unspecified atom stereocenters. The monoisotopic (exact) mass is 294 g/mol. The summed E-state index contributed by atoms with van der Waals surface area (Å²) in [5.74, 6) is -0.409. The van der Waals surface area contributed by atoms with Crippen molar-refractivity contribution in [3.05, 3.63) is 65.4 Å². The van der Waals surface area contributed by atoms with Crippen LogP contribution < -0.4 is 0 Å². The van der Waals surface area contributed by atoms with Crippen LogP contribution in [-0.2, 0) is 6.54 Å². The van der Waals surface area contributed by atoms with Gasteiger partial charge in [0.25, 0.3) is 0 Å².